The molecule has 0 fully saturated rings. The number of benzene rings is 1. The zero-order chi connectivity index (χ0) is 13.3. The fourth-order valence-corrected chi connectivity index (χ4v) is 2.51. The van der Waals surface area contributed by atoms with Crippen molar-refractivity contribution in [1.82, 2.24) is 5.16 Å². The summed E-state index contributed by atoms with van der Waals surface area (Å²) in [4.78, 5) is -0.158. The standard InChI is InChI=1S/C10H8ClFN2O3S/c1-6-4-10(13-17-6)14-18(15,16)7-2-3-9(12)8(11)5-7/h2-5H,1H3,(H,13,14). The van der Waals surface area contributed by atoms with Gasteiger partial charge in [-0.05, 0) is 25.1 Å². The molecular formula is C10H8ClFN2O3S. The Bertz CT molecular complexity index is 684. The van der Waals surface area contributed by atoms with Crippen LogP contribution in [0.25, 0.3) is 0 Å². The van der Waals surface area contributed by atoms with Gasteiger partial charge in [-0.1, -0.05) is 16.8 Å². The van der Waals surface area contributed by atoms with Crippen molar-refractivity contribution in [3.63, 3.8) is 0 Å². The third-order valence-electron chi connectivity index (χ3n) is 2.07. The molecule has 0 saturated heterocycles. The Morgan fingerprint density at radius 2 is 2.11 bits per heavy atom. The van der Waals surface area contributed by atoms with Crippen molar-refractivity contribution in [2.24, 2.45) is 0 Å². The second-order valence-corrected chi connectivity index (χ2v) is 5.59. The molecule has 1 heterocycles. The minimum absolute atomic E-state index is 0.0490. The lowest BCUT2D eigenvalue weighted by molar-refractivity contribution is 0.400. The molecule has 2 rings (SSSR count). The van der Waals surface area contributed by atoms with Crippen LogP contribution in [0.3, 0.4) is 0 Å². The van der Waals surface area contributed by atoms with E-state index in [1.54, 1.807) is 6.92 Å². The first-order chi connectivity index (χ1) is 8.38. The third kappa shape index (κ3) is 2.62. The zero-order valence-electron chi connectivity index (χ0n) is 9.15. The topological polar surface area (TPSA) is 72.2 Å². The third-order valence-corrected chi connectivity index (χ3v) is 3.71. The van der Waals surface area contributed by atoms with E-state index in [0.29, 0.717) is 5.76 Å². The molecule has 18 heavy (non-hydrogen) atoms. The molecule has 0 saturated carbocycles. The molecule has 0 spiro atoms. The lowest BCUT2D eigenvalue weighted by Crippen LogP contribution is -2.13. The van der Waals surface area contributed by atoms with E-state index in [1.807, 2.05) is 0 Å². The van der Waals surface area contributed by atoms with Crippen molar-refractivity contribution < 1.29 is 17.3 Å². The lowest BCUT2D eigenvalue weighted by Gasteiger charge is -2.05. The van der Waals surface area contributed by atoms with Gasteiger partial charge in [-0.3, -0.25) is 4.72 Å². The number of hydrogen-bond acceptors (Lipinski definition) is 4. The van der Waals surface area contributed by atoms with Crippen molar-refractivity contribution in [3.05, 3.63) is 40.9 Å². The first kappa shape index (κ1) is 12.8. The second-order valence-electron chi connectivity index (χ2n) is 3.50. The summed E-state index contributed by atoms with van der Waals surface area (Å²) in [6, 6.07) is 4.52. The number of aryl methyl sites for hydroxylation is 1. The Hall–Kier alpha value is -1.60. The minimum Gasteiger partial charge on any atom is -0.360 e. The van der Waals surface area contributed by atoms with Gasteiger partial charge in [-0.15, -0.1) is 0 Å². The monoisotopic (exact) mass is 290 g/mol. The Balaban J connectivity index is 2.33. The Labute approximate surface area is 108 Å². The fraction of sp³-hybridized carbons (Fsp3) is 0.100. The van der Waals surface area contributed by atoms with Gasteiger partial charge in [0.15, 0.2) is 5.82 Å². The summed E-state index contributed by atoms with van der Waals surface area (Å²) in [6.45, 7) is 1.62. The van der Waals surface area contributed by atoms with E-state index in [2.05, 4.69) is 9.88 Å². The fourth-order valence-electron chi connectivity index (χ4n) is 1.26. The lowest BCUT2D eigenvalue weighted by atomic mass is 10.3. The maximum atomic E-state index is 12.9. The van der Waals surface area contributed by atoms with Gasteiger partial charge in [0.1, 0.15) is 11.6 Å². The van der Waals surface area contributed by atoms with Gasteiger partial charge in [0.05, 0.1) is 9.92 Å². The predicted molar refractivity (Wildman–Crippen MR) is 63.5 cm³/mol. The predicted octanol–water partition coefficient (Wildman–Crippen LogP) is 2.58. The number of nitrogens with zero attached hydrogens (tertiary/aromatic N) is 1. The molecule has 0 amide bonds. The first-order valence-electron chi connectivity index (χ1n) is 4.80. The van der Waals surface area contributed by atoms with E-state index < -0.39 is 15.8 Å². The summed E-state index contributed by atoms with van der Waals surface area (Å²) in [7, 11) is -3.86. The van der Waals surface area contributed by atoms with Crippen LogP contribution >= 0.6 is 11.6 Å². The highest BCUT2D eigenvalue weighted by molar-refractivity contribution is 7.92. The van der Waals surface area contributed by atoms with Gasteiger partial charge >= 0.3 is 0 Å². The molecule has 0 aliphatic rings. The van der Waals surface area contributed by atoms with E-state index >= 15 is 0 Å². The van der Waals surface area contributed by atoms with E-state index in [1.165, 1.54) is 6.07 Å². The van der Waals surface area contributed by atoms with Crippen molar-refractivity contribution in [2.75, 3.05) is 4.72 Å². The highest BCUT2D eigenvalue weighted by Gasteiger charge is 2.17. The number of aromatic nitrogens is 1. The van der Waals surface area contributed by atoms with Crippen LogP contribution in [0.4, 0.5) is 10.2 Å². The molecule has 0 aliphatic heterocycles. The van der Waals surface area contributed by atoms with Gasteiger partial charge < -0.3 is 4.52 Å². The largest absolute Gasteiger partial charge is 0.360 e. The molecule has 1 N–H and O–H groups in total. The number of nitrogens with one attached hydrogen (secondary N) is 1. The van der Waals surface area contributed by atoms with E-state index in [0.717, 1.165) is 18.2 Å². The molecule has 0 atom stereocenters. The van der Waals surface area contributed by atoms with Crippen molar-refractivity contribution in [3.8, 4) is 0 Å². The van der Waals surface area contributed by atoms with Crippen LogP contribution < -0.4 is 4.72 Å². The average Bonchev–Trinajstić information content (AvgIpc) is 2.67. The molecule has 0 unspecified atom stereocenters. The van der Waals surface area contributed by atoms with Crippen LogP contribution in [-0.4, -0.2) is 13.6 Å². The molecule has 96 valence electrons. The smallest absolute Gasteiger partial charge is 0.263 e. The van der Waals surface area contributed by atoms with Crippen LogP contribution in [0.15, 0.2) is 33.7 Å². The summed E-state index contributed by atoms with van der Waals surface area (Å²) in [5.74, 6) is -0.175. The first-order valence-corrected chi connectivity index (χ1v) is 6.66. The number of anilines is 1. The van der Waals surface area contributed by atoms with Crippen molar-refractivity contribution in [1.29, 1.82) is 0 Å². The summed E-state index contributed by atoms with van der Waals surface area (Å²) < 4.78 is 43.7. The van der Waals surface area contributed by atoms with Crippen molar-refractivity contribution in [2.45, 2.75) is 11.8 Å². The number of sulfonamides is 1. The summed E-state index contributed by atoms with van der Waals surface area (Å²) in [5.41, 5.74) is 0. The maximum Gasteiger partial charge on any atom is 0.263 e. The molecule has 8 heteroatoms. The van der Waals surface area contributed by atoms with Crippen LogP contribution in [0.5, 0.6) is 0 Å². The number of rotatable bonds is 3. The second kappa shape index (κ2) is 4.58. The molecule has 1 aromatic carbocycles. The molecular weight excluding hydrogens is 283 g/mol. The minimum atomic E-state index is -3.86. The Morgan fingerprint density at radius 3 is 2.67 bits per heavy atom. The summed E-state index contributed by atoms with van der Waals surface area (Å²) in [5, 5.41) is 3.22. The number of halogens is 2. The van der Waals surface area contributed by atoms with Crippen LogP contribution in [0.2, 0.25) is 5.02 Å². The normalized spacial score (nSPS) is 11.5. The van der Waals surface area contributed by atoms with Gasteiger partial charge in [0, 0.05) is 6.07 Å². The van der Waals surface area contributed by atoms with E-state index in [-0.39, 0.29) is 15.7 Å². The van der Waals surface area contributed by atoms with E-state index in [4.69, 9.17) is 16.1 Å². The SMILES string of the molecule is Cc1cc(NS(=O)(=O)c2ccc(F)c(Cl)c2)no1. The maximum absolute atomic E-state index is 12.9. The van der Waals surface area contributed by atoms with Crippen LogP contribution in [0, 0.1) is 12.7 Å². The Kier molecular flexibility index (Phi) is 3.27. The van der Waals surface area contributed by atoms with Gasteiger partial charge in [-0.25, -0.2) is 12.8 Å². The Morgan fingerprint density at radius 1 is 1.39 bits per heavy atom. The van der Waals surface area contributed by atoms with Crippen LogP contribution in [-0.2, 0) is 10.0 Å². The van der Waals surface area contributed by atoms with E-state index in [9.17, 15) is 12.8 Å². The van der Waals surface area contributed by atoms with Crippen molar-refractivity contribution >= 4 is 27.4 Å². The molecule has 2 aromatic rings. The highest BCUT2D eigenvalue weighted by Crippen LogP contribution is 2.21. The molecule has 5 nitrogen and oxygen atoms in total. The highest BCUT2D eigenvalue weighted by atomic mass is 35.5. The zero-order valence-corrected chi connectivity index (χ0v) is 10.7. The summed E-state index contributed by atoms with van der Waals surface area (Å²) in [6.07, 6.45) is 0. The van der Waals surface area contributed by atoms with Gasteiger partial charge in [0.2, 0.25) is 0 Å². The molecule has 0 radical (unpaired) electrons. The molecule has 0 bridgehead atoms. The van der Waals surface area contributed by atoms with Crippen LogP contribution in [0.1, 0.15) is 5.76 Å². The molecule has 0 aliphatic carbocycles. The van der Waals surface area contributed by atoms with Gasteiger partial charge in [-0.2, -0.15) is 0 Å². The number of hydrogen-bond donors (Lipinski definition) is 1. The average molecular weight is 291 g/mol. The molecule has 1 aromatic heterocycles. The quantitative estimate of drug-likeness (QED) is 0.943. The summed E-state index contributed by atoms with van der Waals surface area (Å²) >= 11 is 5.53. The van der Waals surface area contributed by atoms with Gasteiger partial charge in [0.25, 0.3) is 10.0 Å².